The van der Waals surface area contributed by atoms with Gasteiger partial charge in [0.2, 0.25) is 10.0 Å². The number of rotatable bonds is 2. The maximum absolute atomic E-state index is 12.5. The normalized spacial score (nSPS) is 33.0. The number of piperidine rings is 1. The van der Waals surface area contributed by atoms with Gasteiger partial charge < -0.3 is 10.1 Å². The molecule has 2 atom stereocenters. The molecule has 1 aliphatic heterocycles. The predicted molar refractivity (Wildman–Crippen MR) is 71.1 cm³/mol. The molecular weight excluding hydrogens is 264 g/mol. The van der Waals surface area contributed by atoms with Crippen molar-refractivity contribution in [1.29, 1.82) is 0 Å². The molecule has 3 rings (SSSR count). The highest BCUT2D eigenvalue weighted by Gasteiger charge is 2.45. The Labute approximate surface area is 113 Å². The standard InChI is InChI=1S/C13H20N2O3S/c16-13-5-2-1-3-11(13)10-15(8-6-13)19(17,18)12-4-7-14-9-12/h4,7,9,11,14,16H,1-3,5-6,8,10H2. The lowest BCUT2D eigenvalue weighted by molar-refractivity contribution is -0.0816. The van der Waals surface area contributed by atoms with Crippen LogP contribution in [0.15, 0.2) is 23.4 Å². The Morgan fingerprint density at radius 3 is 2.95 bits per heavy atom. The molecule has 0 bridgehead atoms. The fourth-order valence-corrected chi connectivity index (χ4v) is 4.84. The first-order chi connectivity index (χ1) is 9.02. The number of sulfonamides is 1. The molecule has 1 aromatic rings. The van der Waals surface area contributed by atoms with Crippen LogP contribution in [0.25, 0.3) is 0 Å². The minimum atomic E-state index is -3.41. The summed E-state index contributed by atoms with van der Waals surface area (Å²) in [5.41, 5.74) is -0.636. The van der Waals surface area contributed by atoms with E-state index in [0.717, 1.165) is 25.7 Å². The van der Waals surface area contributed by atoms with Gasteiger partial charge in [-0.15, -0.1) is 0 Å². The van der Waals surface area contributed by atoms with Gasteiger partial charge in [0.15, 0.2) is 0 Å². The highest BCUT2D eigenvalue weighted by Crippen LogP contribution is 2.40. The summed E-state index contributed by atoms with van der Waals surface area (Å²) >= 11 is 0. The van der Waals surface area contributed by atoms with E-state index in [9.17, 15) is 13.5 Å². The van der Waals surface area contributed by atoms with Crippen molar-refractivity contribution in [3.63, 3.8) is 0 Å². The van der Waals surface area contributed by atoms with E-state index in [1.54, 1.807) is 12.3 Å². The topological polar surface area (TPSA) is 73.4 Å². The SMILES string of the molecule is O=S(=O)(c1cc[nH]c1)N1CCC2(O)CCCCC2C1. The Bertz CT molecular complexity index is 540. The zero-order valence-corrected chi connectivity index (χ0v) is 11.7. The van der Waals surface area contributed by atoms with Crippen molar-refractivity contribution in [1.82, 2.24) is 9.29 Å². The maximum atomic E-state index is 12.5. The molecule has 0 aromatic carbocycles. The van der Waals surface area contributed by atoms with E-state index in [2.05, 4.69) is 4.98 Å². The van der Waals surface area contributed by atoms with Gasteiger partial charge >= 0.3 is 0 Å². The third kappa shape index (κ3) is 2.22. The van der Waals surface area contributed by atoms with Crippen molar-refractivity contribution in [2.75, 3.05) is 13.1 Å². The van der Waals surface area contributed by atoms with Crippen molar-refractivity contribution in [3.05, 3.63) is 18.5 Å². The molecule has 0 spiro atoms. The van der Waals surface area contributed by atoms with Crippen molar-refractivity contribution in [2.45, 2.75) is 42.6 Å². The van der Waals surface area contributed by atoms with Crippen molar-refractivity contribution in [2.24, 2.45) is 5.92 Å². The lowest BCUT2D eigenvalue weighted by Gasteiger charge is -2.46. The van der Waals surface area contributed by atoms with E-state index < -0.39 is 15.6 Å². The first-order valence-electron chi connectivity index (χ1n) is 6.88. The number of fused-ring (bicyclic) bond motifs is 1. The van der Waals surface area contributed by atoms with E-state index >= 15 is 0 Å². The molecule has 1 saturated carbocycles. The van der Waals surface area contributed by atoms with E-state index in [1.165, 1.54) is 10.5 Å². The van der Waals surface area contributed by atoms with Gasteiger partial charge in [0, 0.05) is 31.4 Å². The van der Waals surface area contributed by atoms with Crippen molar-refractivity contribution >= 4 is 10.0 Å². The van der Waals surface area contributed by atoms with E-state index in [4.69, 9.17) is 0 Å². The van der Waals surface area contributed by atoms with Crippen LogP contribution in [0.2, 0.25) is 0 Å². The van der Waals surface area contributed by atoms with Gasteiger partial charge in [0.05, 0.1) is 10.5 Å². The van der Waals surface area contributed by atoms with Crippen LogP contribution in [-0.4, -0.2) is 41.5 Å². The first-order valence-corrected chi connectivity index (χ1v) is 8.32. The molecule has 1 aliphatic carbocycles. The van der Waals surface area contributed by atoms with Crippen LogP contribution >= 0.6 is 0 Å². The molecule has 2 heterocycles. The molecule has 19 heavy (non-hydrogen) atoms. The summed E-state index contributed by atoms with van der Waals surface area (Å²) in [7, 11) is -3.41. The smallest absolute Gasteiger partial charge is 0.244 e. The van der Waals surface area contributed by atoms with Gasteiger partial charge in [-0.25, -0.2) is 8.42 Å². The fourth-order valence-electron chi connectivity index (χ4n) is 3.38. The van der Waals surface area contributed by atoms with E-state index in [1.807, 2.05) is 0 Å². The fraction of sp³-hybridized carbons (Fsp3) is 0.692. The molecule has 1 saturated heterocycles. The van der Waals surface area contributed by atoms with Crippen molar-refractivity contribution < 1.29 is 13.5 Å². The monoisotopic (exact) mass is 284 g/mol. The van der Waals surface area contributed by atoms with Gasteiger partial charge in [0.1, 0.15) is 0 Å². The Kier molecular flexibility index (Phi) is 3.19. The zero-order valence-electron chi connectivity index (χ0n) is 10.9. The molecule has 5 nitrogen and oxygen atoms in total. The summed E-state index contributed by atoms with van der Waals surface area (Å²) in [5.74, 6) is 0.0868. The highest BCUT2D eigenvalue weighted by molar-refractivity contribution is 7.89. The van der Waals surface area contributed by atoms with Gasteiger partial charge in [0.25, 0.3) is 0 Å². The van der Waals surface area contributed by atoms with Gasteiger partial charge in [-0.3, -0.25) is 0 Å². The molecule has 2 fully saturated rings. The minimum Gasteiger partial charge on any atom is -0.390 e. The van der Waals surface area contributed by atoms with E-state index in [0.29, 0.717) is 24.4 Å². The van der Waals surface area contributed by atoms with Crippen LogP contribution in [-0.2, 0) is 10.0 Å². The Balaban J connectivity index is 1.82. The second kappa shape index (κ2) is 4.61. The summed E-state index contributed by atoms with van der Waals surface area (Å²) in [6.07, 6.45) is 7.57. The lowest BCUT2D eigenvalue weighted by Crippen LogP contribution is -2.54. The second-order valence-corrected chi connectivity index (χ2v) is 7.64. The van der Waals surface area contributed by atoms with Gasteiger partial charge in [-0.2, -0.15) is 4.31 Å². The van der Waals surface area contributed by atoms with Gasteiger partial charge in [-0.1, -0.05) is 12.8 Å². The molecule has 2 unspecified atom stereocenters. The Morgan fingerprint density at radius 1 is 1.37 bits per heavy atom. The number of H-pyrrole nitrogens is 1. The zero-order chi connectivity index (χ0) is 13.5. The third-order valence-corrected chi connectivity index (χ3v) is 6.46. The van der Waals surface area contributed by atoms with Crippen LogP contribution in [0.3, 0.4) is 0 Å². The third-order valence-electron chi connectivity index (χ3n) is 4.60. The molecular formula is C13H20N2O3S. The molecule has 2 N–H and O–H groups in total. The number of aromatic amines is 1. The number of hydrogen-bond donors (Lipinski definition) is 2. The molecule has 0 radical (unpaired) electrons. The van der Waals surface area contributed by atoms with Gasteiger partial charge in [-0.05, 0) is 25.3 Å². The Morgan fingerprint density at radius 2 is 2.21 bits per heavy atom. The number of nitrogens with zero attached hydrogens (tertiary/aromatic N) is 1. The number of nitrogens with one attached hydrogen (secondary N) is 1. The molecule has 6 heteroatoms. The average molecular weight is 284 g/mol. The summed E-state index contributed by atoms with van der Waals surface area (Å²) in [4.78, 5) is 3.10. The van der Waals surface area contributed by atoms with Crippen molar-refractivity contribution in [3.8, 4) is 0 Å². The second-order valence-electron chi connectivity index (χ2n) is 5.71. The summed E-state index contributed by atoms with van der Waals surface area (Å²) < 4.78 is 26.4. The molecule has 1 aromatic heterocycles. The summed E-state index contributed by atoms with van der Waals surface area (Å²) in [6, 6.07) is 1.58. The van der Waals surface area contributed by atoms with Crippen LogP contribution in [0, 0.1) is 5.92 Å². The lowest BCUT2D eigenvalue weighted by atomic mass is 9.72. The van der Waals surface area contributed by atoms with Crippen LogP contribution in [0.5, 0.6) is 0 Å². The maximum Gasteiger partial charge on any atom is 0.244 e. The number of aromatic nitrogens is 1. The summed E-state index contributed by atoms with van der Waals surface area (Å²) in [6.45, 7) is 0.866. The van der Waals surface area contributed by atoms with E-state index in [-0.39, 0.29) is 5.92 Å². The largest absolute Gasteiger partial charge is 0.390 e. The average Bonchev–Trinajstić information content (AvgIpc) is 2.92. The summed E-state index contributed by atoms with van der Waals surface area (Å²) in [5, 5.41) is 10.6. The minimum absolute atomic E-state index is 0.0868. The highest BCUT2D eigenvalue weighted by atomic mass is 32.2. The molecule has 106 valence electrons. The molecule has 2 aliphatic rings. The van der Waals surface area contributed by atoms with Crippen LogP contribution < -0.4 is 0 Å². The first kappa shape index (κ1) is 13.1. The Hall–Kier alpha value is -0.850. The quantitative estimate of drug-likeness (QED) is 0.860. The number of hydrogen-bond acceptors (Lipinski definition) is 3. The van der Waals surface area contributed by atoms with Crippen LogP contribution in [0.4, 0.5) is 0 Å². The van der Waals surface area contributed by atoms with Crippen LogP contribution in [0.1, 0.15) is 32.1 Å². The molecule has 0 amide bonds. The predicted octanol–water partition coefficient (Wildman–Crippen LogP) is 1.33. The number of aliphatic hydroxyl groups is 1.